The molecule has 0 unspecified atom stereocenters. The maximum absolute atomic E-state index is 5.75. The van der Waals surface area contributed by atoms with Gasteiger partial charge in [-0.3, -0.25) is 0 Å². The number of hydrogen-bond donors (Lipinski definition) is 1. The molecule has 1 N–H and O–H groups in total. The molecular formula is C13H13Br2N3O2. The van der Waals surface area contributed by atoms with E-state index in [0.29, 0.717) is 11.6 Å². The molecule has 7 heteroatoms. The average molecular weight is 403 g/mol. The molecule has 1 aromatic heterocycles. The second kappa shape index (κ2) is 6.90. The first kappa shape index (κ1) is 15.1. The van der Waals surface area contributed by atoms with Crippen molar-refractivity contribution in [1.82, 2.24) is 9.97 Å². The monoisotopic (exact) mass is 401 g/mol. The molecule has 0 aliphatic rings. The van der Waals surface area contributed by atoms with E-state index in [-0.39, 0.29) is 0 Å². The summed E-state index contributed by atoms with van der Waals surface area (Å²) in [5.41, 5.74) is 0. The highest BCUT2D eigenvalue weighted by Gasteiger charge is 2.10. The Morgan fingerprint density at radius 3 is 2.50 bits per heavy atom. The molecule has 2 rings (SSSR count). The summed E-state index contributed by atoms with van der Waals surface area (Å²) in [6.07, 6.45) is 1.46. The van der Waals surface area contributed by atoms with Crippen LogP contribution in [0.3, 0.4) is 0 Å². The van der Waals surface area contributed by atoms with Crippen molar-refractivity contribution >= 4 is 37.7 Å². The highest BCUT2D eigenvalue weighted by molar-refractivity contribution is 9.11. The second-order valence-corrected chi connectivity index (χ2v) is 5.50. The Bertz CT molecular complexity index is 608. The lowest BCUT2D eigenvalue weighted by molar-refractivity contribution is 0.408. The van der Waals surface area contributed by atoms with Crippen LogP contribution in [0.1, 0.15) is 6.92 Å². The van der Waals surface area contributed by atoms with Gasteiger partial charge in [0.2, 0.25) is 5.88 Å². The fraction of sp³-hybridized carbons (Fsp3) is 0.231. The topological polar surface area (TPSA) is 56.3 Å². The number of halogens is 2. The van der Waals surface area contributed by atoms with Crippen molar-refractivity contribution in [2.75, 3.05) is 19.0 Å². The molecule has 0 bridgehead atoms. The predicted molar refractivity (Wildman–Crippen MR) is 84.7 cm³/mol. The lowest BCUT2D eigenvalue weighted by Gasteiger charge is -2.11. The number of anilines is 1. The normalized spacial score (nSPS) is 10.2. The highest BCUT2D eigenvalue weighted by Crippen LogP contribution is 2.37. The van der Waals surface area contributed by atoms with Crippen LogP contribution in [0.4, 0.5) is 5.82 Å². The fourth-order valence-electron chi connectivity index (χ4n) is 1.53. The zero-order valence-corrected chi connectivity index (χ0v) is 14.2. The van der Waals surface area contributed by atoms with Crippen LogP contribution in [0.15, 0.2) is 33.5 Å². The third kappa shape index (κ3) is 3.61. The van der Waals surface area contributed by atoms with Crippen LogP contribution in [0, 0.1) is 0 Å². The van der Waals surface area contributed by atoms with Gasteiger partial charge in [0, 0.05) is 12.6 Å². The van der Waals surface area contributed by atoms with E-state index >= 15 is 0 Å². The van der Waals surface area contributed by atoms with E-state index in [0.717, 1.165) is 27.1 Å². The average Bonchev–Trinajstić information content (AvgIpc) is 2.43. The zero-order chi connectivity index (χ0) is 14.5. The number of ether oxygens (including phenoxy) is 2. The summed E-state index contributed by atoms with van der Waals surface area (Å²) in [4.78, 5) is 8.18. The Hall–Kier alpha value is -1.34. The summed E-state index contributed by atoms with van der Waals surface area (Å²) < 4.78 is 12.6. The van der Waals surface area contributed by atoms with Gasteiger partial charge in [0.15, 0.2) is 0 Å². The number of benzene rings is 1. The van der Waals surface area contributed by atoms with Crippen LogP contribution in [-0.2, 0) is 0 Å². The Morgan fingerprint density at radius 2 is 1.80 bits per heavy atom. The van der Waals surface area contributed by atoms with Gasteiger partial charge in [-0.1, -0.05) is 0 Å². The van der Waals surface area contributed by atoms with E-state index < -0.39 is 0 Å². The van der Waals surface area contributed by atoms with E-state index in [4.69, 9.17) is 9.47 Å². The summed E-state index contributed by atoms with van der Waals surface area (Å²) in [7, 11) is 1.61. The molecule has 0 atom stereocenters. The fourth-order valence-corrected chi connectivity index (χ4v) is 2.42. The number of rotatable bonds is 5. The van der Waals surface area contributed by atoms with Gasteiger partial charge in [-0.05, 0) is 50.9 Å². The van der Waals surface area contributed by atoms with E-state index in [9.17, 15) is 0 Å². The molecule has 0 amide bonds. The third-order valence-corrected chi connectivity index (χ3v) is 3.66. The van der Waals surface area contributed by atoms with Gasteiger partial charge in [-0.2, -0.15) is 0 Å². The largest absolute Gasteiger partial charge is 0.496 e. The Kier molecular flexibility index (Phi) is 5.19. The molecule has 0 aliphatic carbocycles. The first-order valence-corrected chi connectivity index (χ1v) is 7.49. The van der Waals surface area contributed by atoms with Crippen molar-refractivity contribution in [2.24, 2.45) is 0 Å². The van der Waals surface area contributed by atoms with Crippen LogP contribution in [0.25, 0.3) is 0 Å². The van der Waals surface area contributed by atoms with E-state index in [1.807, 2.05) is 19.1 Å². The van der Waals surface area contributed by atoms with Crippen LogP contribution >= 0.6 is 31.9 Å². The Balaban J connectivity index is 2.25. The lowest BCUT2D eigenvalue weighted by atomic mass is 10.3. The maximum atomic E-state index is 5.75. The van der Waals surface area contributed by atoms with Gasteiger partial charge >= 0.3 is 0 Å². The molecule has 5 nitrogen and oxygen atoms in total. The Morgan fingerprint density at radius 1 is 1.10 bits per heavy atom. The smallest absolute Gasteiger partial charge is 0.224 e. The molecule has 0 saturated carbocycles. The van der Waals surface area contributed by atoms with Crippen molar-refractivity contribution in [3.05, 3.63) is 33.5 Å². The van der Waals surface area contributed by atoms with E-state index in [1.165, 1.54) is 6.33 Å². The van der Waals surface area contributed by atoms with Gasteiger partial charge in [0.05, 0.1) is 16.1 Å². The summed E-state index contributed by atoms with van der Waals surface area (Å²) >= 11 is 6.87. The molecular weight excluding hydrogens is 390 g/mol. The number of methoxy groups -OCH3 is 1. The molecule has 0 spiro atoms. The first-order valence-electron chi connectivity index (χ1n) is 5.90. The molecule has 20 heavy (non-hydrogen) atoms. The Labute approximate surface area is 134 Å². The number of hydrogen-bond acceptors (Lipinski definition) is 5. The minimum atomic E-state index is 0.466. The number of nitrogens with one attached hydrogen (secondary N) is 1. The second-order valence-electron chi connectivity index (χ2n) is 3.79. The molecule has 0 radical (unpaired) electrons. The predicted octanol–water partition coefficient (Wildman–Crippen LogP) is 4.23. The third-order valence-electron chi connectivity index (χ3n) is 2.42. The first-order chi connectivity index (χ1) is 9.63. The van der Waals surface area contributed by atoms with Crippen LogP contribution < -0.4 is 14.8 Å². The van der Waals surface area contributed by atoms with Gasteiger partial charge in [0.1, 0.15) is 23.6 Å². The van der Waals surface area contributed by atoms with Crippen molar-refractivity contribution in [1.29, 1.82) is 0 Å². The maximum Gasteiger partial charge on any atom is 0.224 e. The molecule has 1 heterocycles. The molecule has 1 aromatic carbocycles. The van der Waals surface area contributed by atoms with Crippen LogP contribution in [0.5, 0.6) is 17.4 Å². The molecule has 2 aromatic rings. The summed E-state index contributed by atoms with van der Waals surface area (Å²) in [5.74, 6) is 2.55. The SMILES string of the molecule is CCNc1cc(Oc2cc(Br)c(OC)cc2Br)ncn1. The van der Waals surface area contributed by atoms with Crippen LogP contribution in [-0.4, -0.2) is 23.6 Å². The molecule has 0 saturated heterocycles. The van der Waals surface area contributed by atoms with Crippen molar-refractivity contribution < 1.29 is 9.47 Å². The van der Waals surface area contributed by atoms with Gasteiger partial charge in [-0.15, -0.1) is 0 Å². The van der Waals surface area contributed by atoms with Crippen molar-refractivity contribution in [3.63, 3.8) is 0 Å². The number of aromatic nitrogens is 2. The van der Waals surface area contributed by atoms with Gasteiger partial charge in [0.25, 0.3) is 0 Å². The zero-order valence-electron chi connectivity index (χ0n) is 11.0. The summed E-state index contributed by atoms with van der Waals surface area (Å²) in [6.45, 7) is 2.79. The van der Waals surface area contributed by atoms with Crippen molar-refractivity contribution in [3.8, 4) is 17.4 Å². The minimum absolute atomic E-state index is 0.466. The highest BCUT2D eigenvalue weighted by atomic mass is 79.9. The lowest BCUT2D eigenvalue weighted by Crippen LogP contribution is -2.00. The van der Waals surface area contributed by atoms with Crippen molar-refractivity contribution in [2.45, 2.75) is 6.92 Å². The minimum Gasteiger partial charge on any atom is -0.496 e. The molecule has 106 valence electrons. The number of nitrogens with zero attached hydrogens (tertiary/aromatic N) is 2. The quantitative estimate of drug-likeness (QED) is 0.810. The summed E-state index contributed by atoms with van der Waals surface area (Å²) in [6, 6.07) is 5.39. The van der Waals surface area contributed by atoms with E-state index in [2.05, 4.69) is 47.1 Å². The standard InChI is InChI=1S/C13H13Br2N3O2/c1-3-16-12-6-13(18-7-17-12)20-11-5-8(14)10(19-2)4-9(11)15/h4-7H,3H2,1-2H3,(H,16,17,18). The van der Waals surface area contributed by atoms with Crippen LogP contribution in [0.2, 0.25) is 0 Å². The molecule has 0 fully saturated rings. The van der Waals surface area contributed by atoms with Gasteiger partial charge in [-0.25, -0.2) is 9.97 Å². The molecule has 0 aliphatic heterocycles. The summed E-state index contributed by atoms with van der Waals surface area (Å²) in [5, 5.41) is 3.11. The van der Waals surface area contributed by atoms with Gasteiger partial charge < -0.3 is 14.8 Å². The van der Waals surface area contributed by atoms with E-state index in [1.54, 1.807) is 13.2 Å².